The largest absolute Gasteiger partial charge is 0.493 e. The summed E-state index contributed by atoms with van der Waals surface area (Å²) in [6.07, 6.45) is 2.27. The van der Waals surface area contributed by atoms with Crippen molar-refractivity contribution in [1.82, 2.24) is 14.9 Å². The van der Waals surface area contributed by atoms with E-state index in [1.807, 2.05) is 20.8 Å². The molecule has 7 heteroatoms. The Hall–Kier alpha value is -1.50. The van der Waals surface area contributed by atoms with Gasteiger partial charge in [0.1, 0.15) is 0 Å². The molecule has 0 saturated carbocycles. The van der Waals surface area contributed by atoms with Crippen LogP contribution >= 0.6 is 11.8 Å². The van der Waals surface area contributed by atoms with Gasteiger partial charge in [0, 0.05) is 13.1 Å². The van der Waals surface area contributed by atoms with Crippen LogP contribution in [-0.2, 0) is 11.2 Å². The van der Waals surface area contributed by atoms with Gasteiger partial charge < -0.3 is 15.0 Å². The third-order valence-corrected chi connectivity index (χ3v) is 4.06. The lowest BCUT2D eigenvalue weighted by molar-refractivity contribution is -0.127. The lowest BCUT2D eigenvalue weighted by atomic mass is 10.1. The van der Waals surface area contributed by atoms with E-state index in [1.54, 1.807) is 4.90 Å². The number of nitrogens with one attached hydrogen (secondary N) is 1. The molecule has 6 nitrogen and oxygen atoms in total. The molecule has 0 atom stereocenters. The average Bonchev–Trinajstić information content (AvgIpc) is 2.45. The van der Waals surface area contributed by atoms with Crippen LogP contribution in [0.2, 0.25) is 0 Å². The normalized spacial score (nSPS) is 10.6. The number of aromatic amines is 1. The molecular weight excluding hydrogens is 290 g/mol. The smallest absolute Gasteiger partial charge is 0.258 e. The predicted molar refractivity (Wildman–Crippen MR) is 83.8 cm³/mol. The second-order valence-electron chi connectivity index (χ2n) is 4.63. The second-order valence-corrected chi connectivity index (χ2v) is 5.60. The first-order valence-corrected chi connectivity index (χ1v) is 8.24. The van der Waals surface area contributed by atoms with Gasteiger partial charge in [0.2, 0.25) is 11.8 Å². The van der Waals surface area contributed by atoms with Crippen LogP contribution in [0.5, 0.6) is 5.88 Å². The summed E-state index contributed by atoms with van der Waals surface area (Å²) >= 11 is 1.13. The summed E-state index contributed by atoms with van der Waals surface area (Å²) in [6, 6.07) is 0. The molecule has 0 aliphatic heterocycles. The summed E-state index contributed by atoms with van der Waals surface area (Å²) in [7, 11) is 0. The first kappa shape index (κ1) is 17.6. The lowest BCUT2D eigenvalue weighted by Gasteiger charge is -2.17. The molecule has 0 unspecified atom stereocenters. The van der Waals surface area contributed by atoms with Gasteiger partial charge in [0.25, 0.3) is 5.56 Å². The van der Waals surface area contributed by atoms with Gasteiger partial charge in [-0.15, -0.1) is 0 Å². The first-order chi connectivity index (χ1) is 10.0. The van der Waals surface area contributed by atoms with Gasteiger partial charge in [-0.3, -0.25) is 9.59 Å². The number of aromatic hydroxyl groups is 1. The topological polar surface area (TPSA) is 86.3 Å². The standard InChI is InChI=1S/C14H23N3O3S/c1-4-7-8-10-12(19)15-14(16-13(10)20)21-9-11(18)17(5-2)6-3/h4-9H2,1-3H3,(H2,15,16,19,20). The molecule has 0 bridgehead atoms. The number of H-pyrrole nitrogens is 1. The molecule has 0 saturated heterocycles. The second kappa shape index (κ2) is 8.71. The van der Waals surface area contributed by atoms with Crippen molar-refractivity contribution in [3.05, 3.63) is 15.9 Å². The number of amides is 1. The van der Waals surface area contributed by atoms with Crippen molar-refractivity contribution in [2.24, 2.45) is 0 Å². The number of unbranched alkanes of at least 4 members (excludes halogenated alkanes) is 1. The van der Waals surface area contributed by atoms with Crippen LogP contribution in [0, 0.1) is 0 Å². The van der Waals surface area contributed by atoms with Gasteiger partial charge in [0.15, 0.2) is 5.16 Å². The number of carbonyl (C=O) groups is 1. The van der Waals surface area contributed by atoms with E-state index in [0.29, 0.717) is 25.1 Å². The number of hydrogen-bond acceptors (Lipinski definition) is 5. The molecule has 1 rings (SSSR count). The van der Waals surface area contributed by atoms with Gasteiger partial charge in [-0.25, -0.2) is 0 Å². The Labute approximate surface area is 129 Å². The van der Waals surface area contributed by atoms with Crippen molar-refractivity contribution in [3.63, 3.8) is 0 Å². The molecule has 1 heterocycles. The summed E-state index contributed by atoms with van der Waals surface area (Å²) < 4.78 is 0. The molecular formula is C14H23N3O3S. The maximum Gasteiger partial charge on any atom is 0.258 e. The van der Waals surface area contributed by atoms with Crippen LogP contribution < -0.4 is 5.56 Å². The molecule has 1 aromatic rings. The van der Waals surface area contributed by atoms with E-state index in [-0.39, 0.29) is 28.3 Å². The van der Waals surface area contributed by atoms with E-state index in [0.717, 1.165) is 24.6 Å². The molecule has 21 heavy (non-hydrogen) atoms. The summed E-state index contributed by atoms with van der Waals surface area (Å²) in [6.45, 7) is 7.16. The van der Waals surface area contributed by atoms with Crippen molar-refractivity contribution in [2.45, 2.75) is 45.2 Å². The van der Waals surface area contributed by atoms with Gasteiger partial charge >= 0.3 is 0 Å². The molecule has 2 N–H and O–H groups in total. The fourth-order valence-electron chi connectivity index (χ4n) is 1.91. The lowest BCUT2D eigenvalue weighted by Crippen LogP contribution is -2.32. The Bertz CT molecular complexity index is 527. The van der Waals surface area contributed by atoms with Crippen LogP contribution in [0.15, 0.2) is 9.95 Å². The monoisotopic (exact) mass is 313 g/mol. The van der Waals surface area contributed by atoms with E-state index in [1.165, 1.54) is 0 Å². The highest BCUT2D eigenvalue weighted by Gasteiger charge is 2.14. The highest BCUT2D eigenvalue weighted by atomic mass is 32.2. The third kappa shape index (κ3) is 5.08. The van der Waals surface area contributed by atoms with Crippen molar-refractivity contribution < 1.29 is 9.90 Å². The molecule has 1 amide bonds. The maximum absolute atomic E-state index is 11.9. The summed E-state index contributed by atoms with van der Waals surface area (Å²) in [5.74, 6) is -0.0505. The Morgan fingerprint density at radius 2 is 2.00 bits per heavy atom. The minimum Gasteiger partial charge on any atom is -0.493 e. The Morgan fingerprint density at radius 1 is 1.33 bits per heavy atom. The number of nitrogens with zero attached hydrogens (tertiary/aromatic N) is 2. The van der Waals surface area contributed by atoms with Gasteiger partial charge in [-0.1, -0.05) is 25.1 Å². The first-order valence-electron chi connectivity index (χ1n) is 7.26. The van der Waals surface area contributed by atoms with Crippen LogP contribution in [-0.4, -0.2) is 44.7 Å². The fourth-order valence-corrected chi connectivity index (χ4v) is 2.67. The summed E-state index contributed by atoms with van der Waals surface area (Å²) in [5, 5.41) is 10.1. The van der Waals surface area contributed by atoms with E-state index in [9.17, 15) is 14.7 Å². The van der Waals surface area contributed by atoms with Gasteiger partial charge in [-0.05, 0) is 26.7 Å². The quantitative estimate of drug-likeness (QED) is 0.564. The fraction of sp³-hybridized carbons (Fsp3) is 0.643. The minimum absolute atomic E-state index is 0.0119. The Kier molecular flexibility index (Phi) is 7.28. The summed E-state index contributed by atoms with van der Waals surface area (Å²) in [4.78, 5) is 32.1. The maximum atomic E-state index is 11.9. The molecule has 0 spiro atoms. The third-order valence-electron chi connectivity index (χ3n) is 3.20. The zero-order valence-electron chi connectivity index (χ0n) is 12.8. The van der Waals surface area contributed by atoms with E-state index >= 15 is 0 Å². The molecule has 0 aliphatic rings. The van der Waals surface area contributed by atoms with E-state index < -0.39 is 0 Å². The number of rotatable bonds is 8. The average molecular weight is 313 g/mol. The zero-order valence-corrected chi connectivity index (χ0v) is 13.6. The molecule has 0 aromatic carbocycles. The number of thioether (sulfide) groups is 1. The molecule has 118 valence electrons. The van der Waals surface area contributed by atoms with Gasteiger partial charge in [-0.2, -0.15) is 4.98 Å². The minimum atomic E-state index is -0.325. The van der Waals surface area contributed by atoms with Crippen LogP contribution in [0.1, 0.15) is 39.2 Å². The molecule has 0 aliphatic carbocycles. The van der Waals surface area contributed by atoms with Crippen molar-refractivity contribution >= 4 is 17.7 Å². The molecule has 0 fully saturated rings. The van der Waals surface area contributed by atoms with Crippen molar-refractivity contribution in [3.8, 4) is 5.88 Å². The highest BCUT2D eigenvalue weighted by molar-refractivity contribution is 7.99. The van der Waals surface area contributed by atoms with E-state index in [4.69, 9.17) is 0 Å². The zero-order chi connectivity index (χ0) is 15.8. The number of hydrogen-bond donors (Lipinski definition) is 2. The molecule has 0 radical (unpaired) electrons. The van der Waals surface area contributed by atoms with Crippen LogP contribution in [0.25, 0.3) is 0 Å². The molecule has 1 aromatic heterocycles. The van der Waals surface area contributed by atoms with E-state index in [2.05, 4.69) is 9.97 Å². The Balaban J connectivity index is 2.73. The van der Waals surface area contributed by atoms with Crippen molar-refractivity contribution in [1.29, 1.82) is 0 Å². The van der Waals surface area contributed by atoms with Crippen LogP contribution in [0.4, 0.5) is 0 Å². The predicted octanol–water partition coefficient (Wildman–Crippen LogP) is 1.78. The van der Waals surface area contributed by atoms with Gasteiger partial charge in [0.05, 0.1) is 11.3 Å². The van der Waals surface area contributed by atoms with Crippen molar-refractivity contribution in [2.75, 3.05) is 18.8 Å². The Morgan fingerprint density at radius 3 is 2.52 bits per heavy atom. The highest BCUT2D eigenvalue weighted by Crippen LogP contribution is 2.18. The van der Waals surface area contributed by atoms with Crippen LogP contribution in [0.3, 0.4) is 0 Å². The SMILES string of the molecule is CCCCc1c(O)nc(SCC(=O)N(CC)CC)[nH]c1=O. The number of aromatic nitrogens is 2. The number of carbonyl (C=O) groups excluding carboxylic acids is 1. The summed E-state index contributed by atoms with van der Waals surface area (Å²) in [5.41, 5.74) is -0.00925.